The molecule has 1 saturated carbocycles. The number of likely N-dealkylation sites (N-methyl/N-ethyl adjacent to an activating group) is 1. The topological polar surface area (TPSA) is 76.6 Å². The van der Waals surface area contributed by atoms with Gasteiger partial charge in [-0.2, -0.15) is 18.2 Å². The number of benzene rings is 1. The molecule has 1 aromatic carbocycles. The van der Waals surface area contributed by atoms with Gasteiger partial charge in [-0.05, 0) is 75.9 Å². The number of hydrogen-bond acceptors (Lipinski definition) is 7. The van der Waals surface area contributed by atoms with E-state index in [4.69, 9.17) is 0 Å². The van der Waals surface area contributed by atoms with E-state index in [1.165, 1.54) is 5.69 Å². The lowest BCUT2D eigenvalue weighted by Gasteiger charge is -2.44. The lowest BCUT2D eigenvalue weighted by molar-refractivity contribution is -0.137. The number of hydrogen-bond donors (Lipinski definition) is 2. The van der Waals surface area contributed by atoms with Gasteiger partial charge in [0.05, 0.1) is 0 Å². The van der Waals surface area contributed by atoms with E-state index in [1.54, 1.807) is 4.90 Å². The molecule has 0 atom stereocenters. The first-order valence-electron chi connectivity index (χ1n) is 13.5. The zero-order valence-corrected chi connectivity index (χ0v) is 22.0. The van der Waals surface area contributed by atoms with Crippen LogP contribution in [0, 0.1) is 0 Å². The fourth-order valence-electron chi connectivity index (χ4n) is 5.07. The van der Waals surface area contributed by atoms with Crippen LogP contribution in [0.15, 0.2) is 24.4 Å². The Hall–Kier alpha value is -3.08. The largest absolute Gasteiger partial charge is 0.421 e. The fourth-order valence-corrected chi connectivity index (χ4v) is 5.07. The van der Waals surface area contributed by atoms with Crippen molar-refractivity contribution in [2.45, 2.75) is 56.7 Å². The maximum absolute atomic E-state index is 13.7. The van der Waals surface area contributed by atoms with Crippen LogP contribution in [0.4, 0.5) is 36.3 Å². The Balaban J connectivity index is 1.27. The molecule has 1 amide bonds. The highest BCUT2D eigenvalue weighted by atomic mass is 19.4. The summed E-state index contributed by atoms with van der Waals surface area (Å²) < 4.78 is 41.0. The number of carbonyl (C=O) groups is 1. The molecular weight excluding hydrogens is 495 g/mol. The summed E-state index contributed by atoms with van der Waals surface area (Å²) in [5, 5.41) is 6.02. The molecule has 2 saturated heterocycles. The monoisotopic (exact) mass is 531 g/mol. The molecule has 3 heterocycles. The minimum absolute atomic E-state index is 0.116. The molecule has 8 nitrogen and oxygen atoms in total. The molecule has 1 aromatic heterocycles. The first-order chi connectivity index (χ1) is 18.2. The highest BCUT2D eigenvalue weighted by Gasteiger charge is 2.36. The smallest absolute Gasteiger partial charge is 0.369 e. The summed E-state index contributed by atoms with van der Waals surface area (Å²) in [6, 6.07) is 6.77. The number of halogens is 3. The van der Waals surface area contributed by atoms with E-state index >= 15 is 0 Å². The highest BCUT2D eigenvalue weighted by Crippen LogP contribution is 2.45. The molecule has 3 aliphatic rings. The van der Waals surface area contributed by atoms with Crippen molar-refractivity contribution in [2.75, 3.05) is 62.4 Å². The summed E-state index contributed by atoms with van der Waals surface area (Å²) >= 11 is 0. The second kappa shape index (κ2) is 11.0. The molecule has 206 valence electrons. The van der Waals surface area contributed by atoms with E-state index in [1.807, 2.05) is 12.1 Å². The average molecular weight is 532 g/mol. The lowest BCUT2D eigenvalue weighted by Crippen LogP contribution is -2.57. The predicted octanol–water partition coefficient (Wildman–Crippen LogP) is 4.68. The van der Waals surface area contributed by atoms with Gasteiger partial charge in [0.2, 0.25) is 11.9 Å². The van der Waals surface area contributed by atoms with Gasteiger partial charge >= 0.3 is 6.18 Å². The van der Waals surface area contributed by atoms with Gasteiger partial charge in [-0.3, -0.25) is 4.79 Å². The van der Waals surface area contributed by atoms with Gasteiger partial charge in [0.1, 0.15) is 11.4 Å². The zero-order chi connectivity index (χ0) is 26.9. The molecule has 2 aromatic rings. The van der Waals surface area contributed by atoms with Gasteiger partial charge in [0.15, 0.2) is 0 Å². The standard InChI is InChI=1S/C27H36F3N7O/c1-35(2)20-16-37(17-20)19-9-10-23(21(14-19)18-7-8-18)33-26-32-15-22(27(28,29)30)25(34-26)31-11-5-13-36-12-4-3-6-24(36)38/h9-10,14-15,18,20H,3-8,11-13,16-17H2,1-2H3,(H2,31,32,33,34). The number of nitrogens with one attached hydrogen (secondary N) is 2. The van der Waals surface area contributed by atoms with Crippen molar-refractivity contribution >= 4 is 29.0 Å². The number of rotatable bonds is 10. The van der Waals surface area contributed by atoms with Crippen molar-refractivity contribution in [3.05, 3.63) is 35.5 Å². The second-order valence-corrected chi connectivity index (χ2v) is 10.8. The Morgan fingerprint density at radius 3 is 2.63 bits per heavy atom. The van der Waals surface area contributed by atoms with Crippen LogP contribution in [0.2, 0.25) is 0 Å². The number of carbonyl (C=O) groups excluding carboxylic acids is 1. The Morgan fingerprint density at radius 1 is 1.16 bits per heavy atom. The molecule has 3 fully saturated rings. The summed E-state index contributed by atoms with van der Waals surface area (Å²) in [7, 11) is 4.18. The van der Waals surface area contributed by atoms with Gasteiger partial charge in [0, 0.05) is 62.8 Å². The van der Waals surface area contributed by atoms with Crippen molar-refractivity contribution in [2.24, 2.45) is 0 Å². The predicted molar refractivity (Wildman–Crippen MR) is 142 cm³/mol. The van der Waals surface area contributed by atoms with Gasteiger partial charge in [-0.25, -0.2) is 4.98 Å². The number of amides is 1. The Bertz CT molecular complexity index is 1150. The molecule has 0 radical (unpaired) electrons. The van der Waals surface area contributed by atoms with Crippen LogP contribution in [0.3, 0.4) is 0 Å². The van der Waals surface area contributed by atoms with E-state index in [-0.39, 0.29) is 24.2 Å². The third-order valence-electron chi connectivity index (χ3n) is 7.67. The summed E-state index contributed by atoms with van der Waals surface area (Å²) in [5.74, 6) is 0.427. The number of alkyl halides is 3. The Kier molecular flexibility index (Phi) is 7.65. The molecule has 2 N–H and O–H groups in total. The quantitative estimate of drug-likeness (QED) is 0.431. The van der Waals surface area contributed by atoms with E-state index in [2.05, 4.69) is 50.6 Å². The minimum atomic E-state index is -4.58. The van der Waals surface area contributed by atoms with Crippen molar-refractivity contribution < 1.29 is 18.0 Å². The molecule has 11 heteroatoms. The van der Waals surface area contributed by atoms with E-state index < -0.39 is 11.7 Å². The first kappa shape index (κ1) is 26.5. The molecule has 0 spiro atoms. The van der Waals surface area contributed by atoms with Crippen LogP contribution in [-0.4, -0.2) is 78.5 Å². The normalized spacial score (nSPS) is 18.6. The van der Waals surface area contributed by atoms with Crippen LogP contribution < -0.4 is 15.5 Å². The summed E-state index contributed by atoms with van der Waals surface area (Å²) in [6.07, 6.45) is 1.40. The molecular formula is C27H36F3N7O. The van der Waals surface area contributed by atoms with Crippen molar-refractivity contribution in [3.8, 4) is 0 Å². The van der Waals surface area contributed by atoms with E-state index in [9.17, 15) is 18.0 Å². The Morgan fingerprint density at radius 2 is 1.95 bits per heavy atom. The zero-order valence-electron chi connectivity index (χ0n) is 22.0. The van der Waals surface area contributed by atoms with Gasteiger partial charge in [-0.15, -0.1) is 0 Å². The van der Waals surface area contributed by atoms with Crippen LogP contribution in [0.25, 0.3) is 0 Å². The average Bonchev–Trinajstić information content (AvgIpc) is 3.67. The number of aromatic nitrogens is 2. The van der Waals surface area contributed by atoms with Crippen LogP contribution in [0.5, 0.6) is 0 Å². The number of nitrogens with zero attached hydrogens (tertiary/aromatic N) is 5. The maximum atomic E-state index is 13.7. The fraction of sp³-hybridized carbons (Fsp3) is 0.593. The third kappa shape index (κ3) is 6.14. The molecule has 2 aliphatic heterocycles. The SMILES string of the molecule is CN(C)C1CN(c2ccc(Nc3ncc(C(F)(F)F)c(NCCCN4CCCCC4=O)n3)c(C3CC3)c2)C1. The summed E-state index contributed by atoms with van der Waals surface area (Å²) in [4.78, 5) is 26.6. The number of piperidine rings is 1. The van der Waals surface area contributed by atoms with Crippen molar-refractivity contribution in [1.29, 1.82) is 0 Å². The lowest BCUT2D eigenvalue weighted by atomic mass is 10.0. The first-order valence-corrected chi connectivity index (χ1v) is 13.5. The number of likely N-dealkylation sites (tertiary alicyclic amines) is 1. The van der Waals surface area contributed by atoms with Gasteiger partial charge in [0.25, 0.3) is 0 Å². The van der Waals surface area contributed by atoms with Crippen LogP contribution >= 0.6 is 0 Å². The van der Waals surface area contributed by atoms with E-state index in [0.717, 1.165) is 56.2 Å². The van der Waals surface area contributed by atoms with Gasteiger partial charge in [-0.1, -0.05) is 0 Å². The van der Waals surface area contributed by atoms with Crippen LogP contribution in [0.1, 0.15) is 55.6 Å². The summed E-state index contributed by atoms with van der Waals surface area (Å²) in [5.41, 5.74) is 2.25. The molecule has 0 bridgehead atoms. The highest BCUT2D eigenvalue weighted by molar-refractivity contribution is 5.76. The maximum Gasteiger partial charge on any atom is 0.421 e. The molecule has 1 aliphatic carbocycles. The van der Waals surface area contributed by atoms with Gasteiger partial charge < -0.3 is 25.3 Å². The van der Waals surface area contributed by atoms with Crippen molar-refractivity contribution in [3.63, 3.8) is 0 Å². The molecule has 5 rings (SSSR count). The minimum Gasteiger partial charge on any atom is -0.369 e. The Labute approximate surface area is 221 Å². The second-order valence-electron chi connectivity index (χ2n) is 10.8. The van der Waals surface area contributed by atoms with Crippen molar-refractivity contribution in [1.82, 2.24) is 19.8 Å². The van der Waals surface area contributed by atoms with E-state index in [0.29, 0.717) is 37.9 Å². The molecule has 38 heavy (non-hydrogen) atoms. The van der Waals surface area contributed by atoms with Crippen LogP contribution in [-0.2, 0) is 11.0 Å². The number of anilines is 4. The third-order valence-corrected chi connectivity index (χ3v) is 7.67. The summed E-state index contributed by atoms with van der Waals surface area (Å²) in [6.45, 7) is 3.46. The molecule has 0 unspecified atom stereocenters.